The van der Waals surface area contributed by atoms with E-state index < -0.39 is 48.7 Å². The smallest absolute Gasteiger partial charge is 0.305 e. The Morgan fingerprint density at radius 3 is 1.79 bits per heavy atom. The van der Waals surface area contributed by atoms with Crippen LogP contribution in [0.4, 0.5) is 0 Å². The van der Waals surface area contributed by atoms with Crippen molar-refractivity contribution in [3.05, 3.63) is 118 Å². The van der Waals surface area contributed by atoms with Gasteiger partial charge in [0.1, 0.15) is 31.0 Å². The van der Waals surface area contributed by atoms with Crippen molar-refractivity contribution >= 4 is 11.9 Å². The first-order valence-corrected chi connectivity index (χ1v) is 13.9. The Bertz CT molecular complexity index is 1340. The van der Waals surface area contributed by atoms with Gasteiger partial charge in [0.2, 0.25) is 6.29 Å². The molecular weight excluding hydrogens is 554 g/mol. The van der Waals surface area contributed by atoms with Gasteiger partial charge in [0.05, 0.1) is 25.9 Å². The molecule has 4 rings (SSSR count). The van der Waals surface area contributed by atoms with Crippen LogP contribution in [0.3, 0.4) is 0 Å². The normalized spacial score (nSPS) is 22.1. The predicted octanol–water partition coefficient (Wildman–Crippen LogP) is 5.27. The van der Waals surface area contributed by atoms with Gasteiger partial charge in [0.25, 0.3) is 0 Å². The highest BCUT2D eigenvalue weighted by molar-refractivity contribution is 5.66. The third-order valence-electron chi connectivity index (χ3n) is 6.72. The number of azide groups is 1. The molecule has 0 radical (unpaired) electrons. The van der Waals surface area contributed by atoms with E-state index >= 15 is 0 Å². The Morgan fingerprint density at radius 1 is 0.791 bits per heavy atom. The van der Waals surface area contributed by atoms with E-state index in [1.807, 2.05) is 91.0 Å². The summed E-state index contributed by atoms with van der Waals surface area (Å²) in [5, 5.41) is 4.07. The van der Waals surface area contributed by atoms with Crippen LogP contribution in [0.1, 0.15) is 30.5 Å². The molecule has 0 aromatic heterocycles. The number of nitrogens with zero attached hydrogens (tertiary/aromatic N) is 3. The standard InChI is InChI=1S/C32H35N3O8/c1-22(36)38-21-27(39-18-24-12-6-3-7-13-24)29-28(34-35-33)30(40-19-25-14-8-4-9-15-25)31(32(43-29)42-23(2)37)41-20-26-16-10-5-11-17-26/h3-17,27-32H,18-21H2,1-2H3/t27-,28-,29-,30+,31+,32+/m0/s1. The van der Waals surface area contributed by atoms with Gasteiger partial charge in [-0.2, -0.15) is 0 Å². The lowest BCUT2D eigenvalue weighted by Crippen LogP contribution is -2.63. The topological polar surface area (TPSA) is 138 Å². The molecular formula is C32H35N3O8. The summed E-state index contributed by atoms with van der Waals surface area (Å²) >= 11 is 0. The quantitative estimate of drug-likeness (QED) is 0.107. The monoisotopic (exact) mass is 589 g/mol. The summed E-state index contributed by atoms with van der Waals surface area (Å²) in [6, 6.07) is 27.3. The molecule has 11 nitrogen and oxygen atoms in total. The molecule has 3 aromatic rings. The van der Waals surface area contributed by atoms with Gasteiger partial charge in [-0.05, 0) is 22.2 Å². The molecule has 6 atom stereocenters. The van der Waals surface area contributed by atoms with Crippen molar-refractivity contribution in [1.82, 2.24) is 0 Å². The maximum Gasteiger partial charge on any atom is 0.305 e. The largest absolute Gasteiger partial charge is 0.463 e. The fourth-order valence-corrected chi connectivity index (χ4v) is 4.72. The van der Waals surface area contributed by atoms with E-state index in [1.165, 1.54) is 13.8 Å². The van der Waals surface area contributed by atoms with Gasteiger partial charge in [-0.1, -0.05) is 96.1 Å². The van der Waals surface area contributed by atoms with Crippen molar-refractivity contribution in [3.8, 4) is 0 Å². The van der Waals surface area contributed by atoms with E-state index in [1.54, 1.807) is 0 Å². The van der Waals surface area contributed by atoms with E-state index in [2.05, 4.69) is 10.0 Å². The Hall–Kier alpha value is -4.25. The average Bonchev–Trinajstić information content (AvgIpc) is 3.01. The molecule has 0 amide bonds. The maximum absolute atomic E-state index is 12.2. The van der Waals surface area contributed by atoms with Crippen LogP contribution in [0.15, 0.2) is 96.1 Å². The molecule has 226 valence electrons. The lowest BCUT2D eigenvalue weighted by Gasteiger charge is -2.46. The van der Waals surface area contributed by atoms with Crippen LogP contribution in [0, 0.1) is 0 Å². The Morgan fingerprint density at radius 2 is 1.30 bits per heavy atom. The lowest BCUT2D eigenvalue weighted by molar-refractivity contribution is -0.299. The molecule has 0 saturated carbocycles. The molecule has 43 heavy (non-hydrogen) atoms. The second kappa shape index (κ2) is 16.4. The van der Waals surface area contributed by atoms with Crippen LogP contribution >= 0.6 is 0 Å². The first kappa shape index (κ1) is 31.7. The number of benzene rings is 3. The second-order valence-corrected chi connectivity index (χ2v) is 9.93. The maximum atomic E-state index is 12.2. The first-order valence-electron chi connectivity index (χ1n) is 13.9. The van der Waals surface area contributed by atoms with Crippen molar-refractivity contribution < 1.29 is 38.0 Å². The van der Waals surface area contributed by atoms with Gasteiger partial charge in [0.15, 0.2) is 0 Å². The summed E-state index contributed by atoms with van der Waals surface area (Å²) in [6.45, 7) is 2.77. The Labute approximate surface area is 250 Å². The minimum atomic E-state index is -1.25. The highest BCUT2D eigenvalue weighted by Crippen LogP contribution is 2.33. The van der Waals surface area contributed by atoms with E-state index in [0.29, 0.717) is 0 Å². The van der Waals surface area contributed by atoms with Gasteiger partial charge in [-0.15, -0.1) is 0 Å². The molecule has 0 unspecified atom stereocenters. The third-order valence-corrected chi connectivity index (χ3v) is 6.72. The molecule has 1 fully saturated rings. The predicted molar refractivity (Wildman–Crippen MR) is 155 cm³/mol. The summed E-state index contributed by atoms with van der Waals surface area (Å²) in [6.07, 6.45) is -5.14. The SMILES string of the molecule is CC(=O)OC[C@H](OCc1ccccc1)[C@@H]1O[C@@H](OC(C)=O)[C@H](OCc2ccccc2)[C@H](OCc2ccccc2)[C@H]1N=[N+]=[N-]. The van der Waals surface area contributed by atoms with E-state index in [-0.39, 0.29) is 26.4 Å². The highest BCUT2D eigenvalue weighted by Gasteiger charge is 2.51. The molecule has 1 aliphatic rings. The molecule has 1 heterocycles. The number of rotatable bonds is 14. The fourth-order valence-electron chi connectivity index (χ4n) is 4.72. The molecule has 3 aromatic carbocycles. The summed E-state index contributed by atoms with van der Waals surface area (Å²) in [7, 11) is 0. The lowest BCUT2D eigenvalue weighted by atomic mass is 9.92. The molecule has 0 N–H and O–H groups in total. The number of esters is 2. The summed E-state index contributed by atoms with van der Waals surface area (Å²) in [4.78, 5) is 27.1. The van der Waals surface area contributed by atoms with Crippen molar-refractivity contribution in [3.63, 3.8) is 0 Å². The molecule has 1 aliphatic heterocycles. The highest BCUT2D eigenvalue weighted by atomic mass is 16.7. The number of hydrogen-bond donors (Lipinski definition) is 0. The zero-order valence-corrected chi connectivity index (χ0v) is 24.1. The molecule has 0 bridgehead atoms. The molecule has 0 spiro atoms. The fraction of sp³-hybridized carbons (Fsp3) is 0.375. The second-order valence-electron chi connectivity index (χ2n) is 9.93. The Kier molecular flexibility index (Phi) is 12.1. The Balaban J connectivity index is 1.69. The zero-order chi connectivity index (χ0) is 30.4. The summed E-state index contributed by atoms with van der Waals surface area (Å²) < 4.78 is 36.1. The minimum Gasteiger partial charge on any atom is -0.463 e. The van der Waals surface area contributed by atoms with Gasteiger partial charge >= 0.3 is 11.9 Å². The molecule has 1 saturated heterocycles. The first-order chi connectivity index (χ1) is 20.9. The molecule has 11 heteroatoms. The van der Waals surface area contributed by atoms with Crippen molar-refractivity contribution in [2.75, 3.05) is 6.61 Å². The summed E-state index contributed by atoms with van der Waals surface area (Å²) in [5.41, 5.74) is 12.2. The van der Waals surface area contributed by atoms with Crippen molar-refractivity contribution in [2.24, 2.45) is 5.11 Å². The van der Waals surface area contributed by atoms with Crippen LogP contribution in [-0.4, -0.2) is 55.3 Å². The summed E-state index contributed by atoms with van der Waals surface area (Å²) in [5.74, 6) is -1.13. The number of carbonyl (C=O) groups excluding carboxylic acids is 2. The third kappa shape index (κ3) is 9.64. The average molecular weight is 590 g/mol. The van der Waals surface area contributed by atoms with Crippen LogP contribution in [0.2, 0.25) is 0 Å². The number of carbonyl (C=O) groups is 2. The van der Waals surface area contributed by atoms with Crippen LogP contribution < -0.4 is 0 Å². The van der Waals surface area contributed by atoms with Gasteiger partial charge in [-0.3, -0.25) is 9.59 Å². The van der Waals surface area contributed by atoms with E-state index in [4.69, 9.17) is 28.4 Å². The van der Waals surface area contributed by atoms with Crippen LogP contribution in [0.5, 0.6) is 0 Å². The van der Waals surface area contributed by atoms with Gasteiger partial charge in [-0.25, -0.2) is 0 Å². The van der Waals surface area contributed by atoms with Crippen molar-refractivity contribution in [2.45, 2.75) is 70.4 Å². The number of ether oxygens (including phenoxy) is 6. The van der Waals surface area contributed by atoms with Crippen LogP contribution in [0.25, 0.3) is 10.4 Å². The van der Waals surface area contributed by atoms with E-state index in [9.17, 15) is 15.1 Å². The van der Waals surface area contributed by atoms with Crippen LogP contribution in [-0.2, 0) is 57.8 Å². The number of hydrogen-bond acceptors (Lipinski definition) is 9. The van der Waals surface area contributed by atoms with Gasteiger partial charge in [0, 0.05) is 18.8 Å². The molecule has 0 aliphatic carbocycles. The zero-order valence-electron chi connectivity index (χ0n) is 24.1. The minimum absolute atomic E-state index is 0.146. The van der Waals surface area contributed by atoms with E-state index in [0.717, 1.165) is 16.7 Å². The van der Waals surface area contributed by atoms with Gasteiger partial charge < -0.3 is 28.4 Å². The van der Waals surface area contributed by atoms with Crippen molar-refractivity contribution in [1.29, 1.82) is 0 Å².